The predicted octanol–water partition coefficient (Wildman–Crippen LogP) is 6.38. The molecule has 67 heavy (non-hydrogen) atoms. The van der Waals surface area contributed by atoms with Crippen LogP contribution >= 0.6 is 0 Å². The number of nitrogens with one attached hydrogen (secondary N) is 3. The number of amides is 4. The van der Waals surface area contributed by atoms with Crippen molar-refractivity contribution in [2.45, 2.75) is 128 Å². The first-order valence-corrected chi connectivity index (χ1v) is 25.8. The van der Waals surface area contributed by atoms with Crippen LogP contribution in [-0.2, 0) is 41.2 Å². The SMILES string of the molecule is CCOc1ccc(C[C@@H]2NC(=O)[C@H](CCC/C=C/C(=O)[C@@H](C)O[Si](c3ccccc3)(c3ccccc3)C(C)(C)C)NC(=O)[C@H]3CCCCN3C(=O)[C@H](Cc3ccc(OCC)cc3)NC2=O)cc1. The van der Waals surface area contributed by atoms with Gasteiger partial charge >= 0.3 is 0 Å². The van der Waals surface area contributed by atoms with Crippen molar-refractivity contribution >= 4 is 48.1 Å². The van der Waals surface area contributed by atoms with Gasteiger partial charge in [-0.15, -0.1) is 0 Å². The summed E-state index contributed by atoms with van der Waals surface area (Å²) in [7, 11) is -2.98. The number of ether oxygens (including phenoxy) is 2. The average molecular weight is 929 g/mol. The van der Waals surface area contributed by atoms with Crippen molar-refractivity contribution in [1.29, 1.82) is 0 Å². The Balaban J connectivity index is 1.20. The molecule has 0 aliphatic carbocycles. The van der Waals surface area contributed by atoms with Gasteiger partial charge in [-0.3, -0.25) is 24.0 Å². The van der Waals surface area contributed by atoms with E-state index in [2.05, 4.69) is 61.0 Å². The number of hydrogen-bond acceptors (Lipinski definition) is 8. The highest BCUT2D eigenvalue weighted by Crippen LogP contribution is 2.37. The van der Waals surface area contributed by atoms with Crippen molar-refractivity contribution in [3.8, 4) is 11.5 Å². The van der Waals surface area contributed by atoms with Gasteiger partial charge in [-0.25, -0.2) is 0 Å². The summed E-state index contributed by atoms with van der Waals surface area (Å²) in [5.41, 5.74) is 1.57. The Morgan fingerprint density at radius 3 is 1.75 bits per heavy atom. The lowest BCUT2D eigenvalue weighted by atomic mass is 9.96. The van der Waals surface area contributed by atoms with Gasteiger partial charge in [0.15, 0.2) is 5.78 Å². The molecule has 4 amide bonds. The van der Waals surface area contributed by atoms with E-state index in [1.54, 1.807) is 24.0 Å². The number of hydrogen-bond donors (Lipinski definition) is 3. The van der Waals surface area contributed by atoms with Gasteiger partial charge in [-0.2, -0.15) is 0 Å². The fourth-order valence-corrected chi connectivity index (χ4v) is 13.9. The maximum Gasteiger partial charge on any atom is 0.262 e. The number of nitrogens with zero attached hydrogens (tertiary/aromatic N) is 1. The molecular formula is C54H68N4O8Si. The quantitative estimate of drug-likeness (QED) is 0.0591. The number of ketones is 1. The highest BCUT2D eigenvalue weighted by Gasteiger charge is 2.51. The lowest BCUT2D eigenvalue weighted by molar-refractivity contribution is -0.146. The van der Waals surface area contributed by atoms with E-state index >= 15 is 0 Å². The van der Waals surface area contributed by atoms with Crippen LogP contribution in [0.25, 0.3) is 0 Å². The molecule has 6 rings (SSSR count). The van der Waals surface area contributed by atoms with Gasteiger partial charge in [0.05, 0.1) is 13.2 Å². The predicted molar refractivity (Wildman–Crippen MR) is 264 cm³/mol. The zero-order chi connectivity index (χ0) is 48.0. The molecule has 0 aromatic heterocycles. The molecule has 5 atom stereocenters. The highest BCUT2D eigenvalue weighted by atomic mass is 28.4. The van der Waals surface area contributed by atoms with Crippen molar-refractivity contribution < 1.29 is 37.9 Å². The van der Waals surface area contributed by atoms with Gasteiger partial charge in [0.1, 0.15) is 41.8 Å². The van der Waals surface area contributed by atoms with Crippen LogP contribution < -0.4 is 35.8 Å². The summed E-state index contributed by atoms with van der Waals surface area (Å²) in [6, 6.07) is 31.2. The lowest BCUT2D eigenvalue weighted by Crippen LogP contribution is -2.68. The summed E-state index contributed by atoms with van der Waals surface area (Å²) in [6.45, 7) is 13.5. The molecule has 3 N–H and O–H groups in total. The monoisotopic (exact) mass is 928 g/mol. The first kappa shape index (κ1) is 50.4. The standard InChI is InChI=1S/C54H68N4O8Si/c1-7-64-41-31-27-39(28-32-41)36-46-51(61)57-47(37-40-29-33-42(34-30-40)65-8-2)53(63)58-35-19-18-25-48(58)52(62)55-45(50(60)56-46)24-16-11-17-26-49(59)38(3)66-67(54(4,5)6,43-20-12-9-13-21-43)44-22-14-10-15-23-44/h9-10,12-15,17,20-23,26-34,38,45-48H,7-8,11,16,18-19,24-25,35-37H2,1-6H3,(H,55,62)(H,56,60)(H,57,61)/b26-17+/t38-,45+,46+,47+,48-/m1/s1. The van der Waals surface area contributed by atoms with Crippen LogP contribution in [-0.4, -0.2) is 92.7 Å². The number of piperidine rings is 1. The fourth-order valence-electron chi connectivity index (χ4n) is 9.20. The van der Waals surface area contributed by atoms with Crippen molar-refractivity contribution in [2.24, 2.45) is 0 Å². The summed E-state index contributed by atoms with van der Waals surface area (Å²) in [5.74, 6) is -0.593. The minimum absolute atomic E-state index is 0.125. The molecule has 4 aromatic carbocycles. The number of benzene rings is 4. The first-order valence-electron chi connectivity index (χ1n) is 23.9. The second-order valence-electron chi connectivity index (χ2n) is 18.4. The van der Waals surface area contributed by atoms with Gasteiger partial charge in [0.25, 0.3) is 8.32 Å². The van der Waals surface area contributed by atoms with Gasteiger partial charge in [0, 0.05) is 19.4 Å². The number of rotatable bonds is 18. The van der Waals surface area contributed by atoms with Crippen LogP contribution in [0.15, 0.2) is 121 Å². The van der Waals surface area contributed by atoms with Crippen LogP contribution in [0.1, 0.15) is 91.2 Å². The van der Waals surface area contributed by atoms with Gasteiger partial charge in [-0.1, -0.05) is 112 Å². The molecule has 13 heteroatoms. The number of allylic oxidation sites excluding steroid dienone is 1. The molecule has 4 aromatic rings. The maximum absolute atomic E-state index is 14.6. The minimum Gasteiger partial charge on any atom is -0.494 e. The Bertz CT molecular complexity index is 2260. The number of carbonyl (C=O) groups is 5. The molecule has 2 saturated heterocycles. The van der Waals surface area contributed by atoms with E-state index in [1.165, 1.54) is 0 Å². The van der Waals surface area contributed by atoms with Crippen molar-refractivity contribution in [2.75, 3.05) is 19.8 Å². The summed E-state index contributed by atoms with van der Waals surface area (Å²) >= 11 is 0. The van der Waals surface area contributed by atoms with Crippen LogP contribution in [0.4, 0.5) is 0 Å². The topological polar surface area (TPSA) is 152 Å². The van der Waals surface area contributed by atoms with Crippen LogP contribution in [0.3, 0.4) is 0 Å². The molecule has 2 aliphatic heterocycles. The van der Waals surface area contributed by atoms with Gasteiger partial charge in [-0.05, 0) is 116 Å². The normalized spacial score (nSPS) is 20.1. The van der Waals surface area contributed by atoms with Crippen LogP contribution in [0.2, 0.25) is 5.04 Å². The zero-order valence-corrected chi connectivity index (χ0v) is 40.9. The number of fused-ring (bicyclic) bond motifs is 1. The smallest absolute Gasteiger partial charge is 0.262 e. The fraction of sp³-hybridized carbons (Fsp3) is 0.426. The van der Waals surface area contributed by atoms with E-state index in [9.17, 15) is 24.0 Å². The third-order valence-corrected chi connectivity index (χ3v) is 17.7. The van der Waals surface area contributed by atoms with E-state index in [0.717, 1.165) is 27.9 Å². The molecule has 2 heterocycles. The molecule has 2 aliphatic rings. The molecule has 0 unspecified atom stereocenters. The second kappa shape index (κ2) is 23.6. The van der Waals surface area contributed by atoms with Gasteiger partial charge < -0.3 is 34.8 Å². The highest BCUT2D eigenvalue weighted by molar-refractivity contribution is 6.99. The van der Waals surface area contributed by atoms with E-state index in [1.807, 2.05) is 98.8 Å². The molecule has 12 nitrogen and oxygen atoms in total. The Kier molecular flexibility index (Phi) is 17.7. The van der Waals surface area contributed by atoms with E-state index in [4.69, 9.17) is 13.9 Å². The Labute approximate surface area is 397 Å². The Hall–Kier alpha value is -6.05. The van der Waals surface area contributed by atoms with Crippen molar-refractivity contribution in [3.05, 3.63) is 132 Å². The average Bonchev–Trinajstić information content (AvgIpc) is 3.33. The molecule has 2 fully saturated rings. The third-order valence-electron chi connectivity index (χ3n) is 12.6. The molecule has 0 spiro atoms. The zero-order valence-electron chi connectivity index (χ0n) is 39.9. The molecular weight excluding hydrogens is 861 g/mol. The summed E-state index contributed by atoms with van der Waals surface area (Å²) in [6.07, 6.45) is 5.87. The van der Waals surface area contributed by atoms with Crippen molar-refractivity contribution in [1.82, 2.24) is 20.9 Å². The number of carbonyl (C=O) groups excluding carboxylic acids is 5. The largest absolute Gasteiger partial charge is 0.494 e. The van der Waals surface area contributed by atoms with Crippen LogP contribution in [0, 0.1) is 0 Å². The third kappa shape index (κ3) is 12.9. The van der Waals surface area contributed by atoms with Gasteiger partial charge in [0.2, 0.25) is 23.6 Å². The number of unbranched alkanes of at least 4 members (excludes halogenated alkanes) is 1. The maximum atomic E-state index is 14.6. The first-order chi connectivity index (χ1) is 32.2. The lowest BCUT2D eigenvalue weighted by Gasteiger charge is -2.44. The Morgan fingerprint density at radius 2 is 1.21 bits per heavy atom. The summed E-state index contributed by atoms with van der Waals surface area (Å²) in [5, 5.41) is 10.8. The molecule has 0 saturated carbocycles. The van der Waals surface area contributed by atoms with E-state index in [0.29, 0.717) is 56.9 Å². The van der Waals surface area contributed by atoms with E-state index in [-0.39, 0.29) is 36.0 Å². The van der Waals surface area contributed by atoms with Crippen molar-refractivity contribution in [3.63, 3.8) is 0 Å². The molecule has 0 radical (unpaired) electrons. The minimum atomic E-state index is -2.98. The summed E-state index contributed by atoms with van der Waals surface area (Å²) < 4.78 is 18.3. The van der Waals surface area contributed by atoms with E-state index < -0.39 is 56.3 Å². The second-order valence-corrected chi connectivity index (χ2v) is 22.7. The van der Waals surface area contributed by atoms with Crippen LogP contribution in [0.5, 0.6) is 11.5 Å². The Morgan fingerprint density at radius 1 is 0.701 bits per heavy atom. The summed E-state index contributed by atoms with van der Waals surface area (Å²) in [4.78, 5) is 72.9. The molecule has 356 valence electrons. The molecule has 0 bridgehead atoms.